The van der Waals surface area contributed by atoms with E-state index in [1.165, 1.54) is 35.6 Å². The van der Waals surface area contributed by atoms with Crippen molar-refractivity contribution in [3.8, 4) is 0 Å². The Kier molecular flexibility index (Phi) is 5.17. The van der Waals surface area contributed by atoms with Crippen LogP contribution < -0.4 is 5.32 Å². The molecule has 2 aromatic rings. The van der Waals surface area contributed by atoms with Crippen LogP contribution in [0.4, 0.5) is 5.69 Å². The predicted molar refractivity (Wildman–Crippen MR) is 88.1 cm³/mol. The quantitative estimate of drug-likeness (QED) is 0.760. The van der Waals surface area contributed by atoms with Gasteiger partial charge in [-0.25, -0.2) is 4.79 Å². The number of nitrogens with one attached hydrogen (secondary N) is 1. The summed E-state index contributed by atoms with van der Waals surface area (Å²) in [5.74, 6) is -1.47. The second kappa shape index (κ2) is 6.89. The molecule has 2 rings (SSSR count). The number of thiophene rings is 1. The fourth-order valence-electron chi connectivity index (χ4n) is 1.54. The minimum absolute atomic E-state index is 0.0176. The highest BCUT2D eigenvalue weighted by molar-refractivity contribution is 9.11. The highest BCUT2D eigenvalue weighted by Gasteiger charge is 2.07. The minimum atomic E-state index is -1.10. The molecule has 0 bridgehead atoms. The van der Waals surface area contributed by atoms with E-state index in [2.05, 4.69) is 21.2 Å². The van der Waals surface area contributed by atoms with Gasteiger partial charge >= 0.3 is 5.97 Å². The zero-order chi connectivity index (χ0) is 15.4. The van der Waals surface area contributed by atoms with Gasteiger partial charge in [0.15, 0.2) is 0 Å². The van der Waals surface area contributed by atoms with Crippen LogP contribution in [0.3, 0.4) is 0 Å². The normalized spacial score (nSPS) is 10.8. The Morgan fingerprint density at radius 3 is 2.67 bits per heavy atom. The number of hydrogen-bond donors (Lipinski definition) is 2. The van der Waals surface area contributed by atoms with Crippen molar-refractivity contribution in [2.45, 2.75) is 0 Å². The predicted octanol–water partition coefficient (Wildman–Crippen LogP) is 4.51. The first-order chi connectivity index (χ1) is 9.94. The lowest BCUT2D eigenvalue weighted by atomic mass is 10.2. The summed E-state index contributed by atoms with van der Waals surface area (Å²) in [6, 6.07) is 7.92. The summed E-state index contributed by atoms with van der Waals surface area (Å²) >= 11 is 10.6. The van der Waals surface area contributed by atoms with Gasteiger partial charge in [0.05, 0.1) is 9.35 Å². The van der Waals surface area contributed by atoms with Crippen LogP contribution in [-0.4, -0.2) is 17.0 Å². The number of carboxylic acids is 1. The van der Waals surface area contributed by atoms with Crippen molar-refractivity contribution in [1.29, 1.82) is 0 Å². The molecular formula is C14H9BrClNO3S. The lowest BCUT2D eigenvalue weighted by molar-refractivity contribution is -0.111. The average Bonchev–Trinajstić information content (AvgIpc) is 2.81. The van der Waals surface area contributed by atoms with Crippen LogP contribution in [0.1, 0.15) is 15.2 Å². The van der Waals surface area contributed by atoms with Gasteiger partial charge in [-0.1, -0.05) is 11.6 Å². The Hall–Kier alpha value is -1.63. The SMILES string of the molecule is O=C(/C=C/c1ccc(Br)s1)Nc1cc(Cl)cc(C(=O)O)c1. The van der Waals surface area contributed by atoms with Crippen LogP contribution in [0.25, 0.3) is 6.08 Å². The molecular weight excluding hydrogens is 378 g/mol. The first kappa shape index (κ1) is 15.8. The molecule has 21 heavy (non-hydrogen) atoms. The van der Waals surface area contributed by atoms with E-state index in [9.17, 15) is 9.59 Å². The summed E-state index contributed by atoms with van der Waals surface area (Å²) in [4.78, 5) is 23.6. The van der Waals surface area contributed by atoms with Crippen LogP contribution in [0.15, 0.2) is 40.2 Å². The molecule has 0 atom stereocenters. The number of amides is 1. The molecule has 2 N–H and O–H groups in total. The molecule has 1 heterocycles. The molecule has 0 aliphatic heterocycles. The summed E-state index contributed by atoms with van der Waals surface area (Å²) < 4.78 is 0.975. The number of benzene rings is 1. The fraction of sp³-hybridized carbons (Fsp3) is 0. The molecule has 0 aliphatic carbocycles. The van der Waals surface area contributed by atoms with Gasteiger partial charge in [-0.15, -0.1) is 11.3 Å². The number of anilines is 1. The number of carbonyl (C=O) groups is 2. The van der Waals surface area contributed by atoms with Gasteiger partial charge in [0.1, 0.15) is 0 Å². The standard InChI is InChI=1S/C14H9BrClNO3S/c15-12-3-1-11(21-12)2-4-13(18)17-10-6-8(14(19)20)5-9(16)7-10/h1-7H,(H,17,18)(H,19,20)/b4-2+. The summed E-state index contributed by atoms with van der Waals surface area (Å²) in [6.07, 6.45) is 3.05. The van der Waals surface area contributed by atoms with Gasteiger partial charge in [-0.2, -0.15) is 0 Å². The van der Waals surface area contributed by atoms with E-state index in [0.29, 0.717) is 5.69 Å². The van der Waals surface area contributed by atoms with Gasteiger partial charge in [0, 0.05) is 21.7 Å². The summed E-state index contributed by atoms with van der Waals surface area (Å²) in [6.45, 7) is 0. The van der Waals surface area contributed by atoms with Crippen LogP contribution >= 0.6 is 38.9 Å². The fourth-order valence-corrected chi connectivity index (χ4v) is 3.11. The Morgan fingerprint density at radius 2 is 2.05 bits per heavy atom. The topological polar surface area (TPSA) is 66.4 Å². The number of carbonyl (C=O) groups excluding carboxylic acids is 1. The van der Waals surface area contributed by atoms with E-state index >= 15 is 0 Å². The van der Waals surface area contributed by atoms with Gasteiger partial charge in [-0.3, -0.25) is 4.79 Å². The Balaban J connectivity index is 2.09. The van der Waals surface area contributed by atoms with Crippen molar-refractivity contribution in [2.24, 2.45) is 0 Å². The smallest absolute Gasteiger partial charge is 0.335 e. The lowest BCUT2D eigenvalue weighted by Gasteiger charge is -2.04. The largest absolute Gasteiger partial charge is 0.478 e. The zero-order valence-corrected chi connectivity index (χ0v) is 13.6. The third kappa shape index (κ3) is 4.70. The zero-order valence-electron chi connectivity index (χ0n) is 10.5. The van der Waals surface area contributed by atoms with Crippen molar-refractivity contribution < 1.29 is 14.7 Å². The van der Waals surface area contributed by atoms with Crippen molar-refractivity contribution in [3.05, 3.63) is 55.7 Å². The lowest BCUT2D eigenvalue weighted by Crippen LogP contribution is -2.08. The second-order valence-electron chi connectivity index (χ2n) is 4.00. The number of halogens is 2. The van der Waals surface area contributed by atoms with Crippen molar-refractivity contribution >= 4 is 62.5 Å². The second-order valence-corrected chi connectivity index (χ2v) is 6.93. The highest BCUT2D eigenvalue weighted by Crippen LogP contribution is 2.23. The van der Waals surface area contributed by atoms with Gasteiger partial charge in [0.2, 0.25) is 5.91 Å². The molecule has 1 aromatic heterocycles. The molecule has 1 amide bonds. The summed E-state index contributed by atoms with van der Waals surface area (Å²) in [7, 11) is 0. The molecule has 0 saturated carbocycles. The molecule has 0 fully saturated rings. The molecule has 1 aromatic carbocycles. The first-order valence-electron chi connectivity index (χ1n) is 5.72. The monoisotopic (exact) mass is 385 g/mol. The van der Waals surface area contributed by atoms with E-state index in [1.807, 2.05) is 12.1 Å². The Morgan fingerprint density at radius 1 is 1.29 bits per heavy atom. The first-order valence-corrected chi connectivity index (χ1v) is 7.71. The van der Waals surface area contributed by atoms with Crippen molar-refractivity contribution in [2.75, 3.05) is 5.32 Å². The van der Waals surface area contributed by atoms with Crippen LogP contribution in [-0.2, 0) is 4.79 Å². The van der Waals surface area contributed by atoms with Gasteiger partial charge in [0.25, 0.3) is 0 Å². The Labute approximate surface area is 138 Å². The minimum Gasteiger partial charge on any atom is -0.478 e. The number of aromatic carboxylic acids is 1. The molecule has 108 valence electrons. The molecule has 7 heteroatoms. The molecule has 0 unspecified atom stereocenters. The number of rotatable bonds is 4. The molecule has 0 radical (unpaired) electrons. The Bertz CT molecular complexity index is 727. The van der Waals surface area contributed by atoms with Crippen molar-refractivity contribution in [3.63, 3.8) is 0 Å². The molecule has 0 aliphatic rings. The molecule has 4 nitrogen and oxygen atoms in total. The van der Waals surface area contributed by atoms with Gasteiger partial charge in [-0.05, 0) is 52.3 Å². The van der Waals surface area contributed by atoms with E-state index in [1.54, 1.807) is 6.08 Å². The number of carboxylic acid groups (broad SMARTS) is 1. The van der Waals surface area contributed by atoms with Crippen LogP contribution in [0.2, 0.25) is 5.02 Å². The van der Waals surface area contributed by atoms with E-state index < -0.39 is 5.97 Å². The van der Waals surface area contributed by atoms with Crippen molar-refractivity contribution in [1.82, 2.24) is 0 Å². The molecule has 0 spiro atoms. The molecule has 0 saturated heterocycles. The summed E-state index contributed by atoms with van der Waals surface area (Å²) in [5, 5.41) is 11.8. The maximum Gasteiger partial charge on any atom is 0.335 e. The highest BCUT2D eigenvalue weighted by atomic mass is 79.9. The van der Waals surface area contributed by atoms with Gasteiger partial charge < -0.3 is 10.4 Å². The van der Waals surface area contributed by atoms with Crippen LogP contribution in [0.5, 0.6) is 0 Å². The van der Waals surface area contributed by atoms with Crippen LogP contribution in [0, 0.1) is 0 Å². The number of hydrogen-bond acceptors (Lipinski definition) is 3. The maximum atomic E-state index is 11.8. The third-order valence-corrected chi connectivity index (χ3v) is 4.21. The third-order valence-electron chi connectivity index (χ3n) is 2.41. The maximum absolute atomic E-state index is 11.8. The average molecular weight is 387 g/mol. The van der Waals surface area contributed by atoms with E-state index in [4.69, 9.17) is 16.7 Å². The van der Waals surface area contributed by atoms with E-state index in [-0.39, 0.29) is 16.5 Å². The van der Waals surface area contributed by atoms with E-state index in [0.717, 1.165) is 8.66 Å². The summed E-state index contributed by atoms with van der Waals surface area (Å²) in [5.41, 5.74) is 0.353.